The van der Waals surface area contributed by atoms with Crippen LogP contribution in [0.5, 0.6) is 0 Å². The van der Waals surface area contributed by atoms with Gasteiger partial charge in [-0.05, 0) is 37.1 Å². The molecular formula is C11H12N2O. The van der Waals surface area contributed by atoms with Crippen molar-refractivity contribution in [2.24, 2.45) is 0 Å². The van der Waals surface area contributed by atoms with Crippen molar-refractivity contribution in [2.75, 3.05) is 5.73 Å². The lowest BCUT2D eigenvalue weighted by atomic mass is 10.0. The Balaban J connectivity index is 2.98. The first-order valence-electron chi connectivity index (χ1n) is 4.48. The molecule has 3 heteroatoms. The molecule has 0 spiro atoms. The van der Waals surface area contributed by atoms with Gasteiger partial charge in [0.15, 0.2) is 0 Å². The van der Waals surface area contributed by atoms with Crippen LogP contribution >= 0.6 is 0 Å². The Kier molecular flexibility index (Phi) is 1.81. The number of fused-ring (bicyclic) bond motifs is 1. The van der Waals surface area contributed by atoms with Crippen molar-refractivity contribution in [3.05, 3.63) is 39.7 Å². The summed E-state index contributed by atoms with van der Waals surface area (Å²) in [4.78, 5) is 13.9. The maximum atomic E-state index is 11.1. The van der Waals surface area contributed by atoms with E-state index in [0.717, 1.165) is 27.7 Å². The van der Waals surface area contributed by atoms with E-state index in [2.05, 4.69) is 4.98 Å². The molecule has 0 radical (unpaired) electrons. The lowest BCUT2D eigenvalue weighted by Crippen LogP contribution is -2.04. The number of nitrogens with two attached hydrogens (primary N) is 1. The topological polar surface area (TPSA) is 58.9 Å². The van der Waals surface area contributed by atoms with Gasteiger partial charge in [0.25, 0.3) is 0 Å². The third-order valence-electron chi connectivity index (χ3n) is 2.54. The number of nitrogen functional groups attached to an aromatic ring is 1. The number of aromatic nitrogens is 1. The van der Waals surface area contributed by atoms with Crippen molar-refractivity contribution < 1.29 is 0 Å². The molecular weight excluding hydrogens is 176 g/mol. The van der Waals surface area contributed by atoms with Gasteiger partial charge in [0.05, 0.1) is 0 Å². The van der Waals surface area contributed by atoms with E-state index in [0.29, 0.717) is 0 Å². The van der Waals surface area contributed by atoms with Crippen molar-refractivity contribution in [1.82, 2.24) is 4.98 Å². The van der Waals surface area contributed by atoms with Gasteiger partial charge in [-0.1, -0.05) is 0 Å². The standard InChI is InChI=1S/C11H12N2O/c1-6-5-9-8(7(2)11(6)12)3-4-10(14)13-9/h3-5H,12H2,1-2H3,(H,13,14). The fourth-order valence-electron chi connectivity index (χ4n) is 1.67. The number of H-pyrrole nitrogens is 1. The van der Waals surface area contributed by atoms with Crippen molar-refractivity contribution in [1.29, 1.82) is 0 Å². The largest absolute Gasteiger partial charge is 0.398 e. The fourth-order valence-corrected chi connectivity index (χ4v) is 1.67. The summed E-state index contributed by atoms with van der Waals surface area (Å²) in [7, 11) is 0. The summed E-state index contributed by atoms with van der Waals surface area (Å²) in [5.74, 6) is 0. The molecule has 0 saturated carbocycles. The Labute approximate surface area is 81.6 Å². The molecule has 14 heavy (non-hydrogen) atoms. The van der Waals surface area contributed by atoms with E-state index in [1.165, 1.54) is 6.07 Å². The quantitative estimate of drug-likeness (QED) is 0.618. The zero-order chi connectivity index (χ0) is 10.3. The van der Waals surface area contributed by atoms with Gasteiger partial charge in [-0.15, -0.1) is 0 Å². The van der Waals surface area contributed by atoms with Crippen LogP contribution in [0.1, 0.15) is 11.1 Å². The minimum Gasteiger partial charge on any atom is -0.398 e. The molecule has 2 rings (SSSR count). The maximum Gasteiger partial charge on any atom is 0.248 e. The van der Waals surface area contributed by atoms with Gasteiger partial charge >= 0.3 is 0 Å². The van der Waals surface area contributed by atoms with E-state index < -0.39 is 0 Å². The Morgan fingerprint density at radius 1 is 1.29 bits per heavy atom. The third kappa shape index (κ3) is 1.18. The van der Waals surface area contributed by atoms with Gasteiger partial charge in [0.1, 0.15) is 0 Å². The molecule has 0 atom stereocenters. The first-order chi connectivity index (χ1) is 6.59. The summed E-state index contributed by atoms with van der Waals surface area (Å²) in [6, 6.07) is 5.22. The Morgan fingerprint density at radius 2 is 2.00 bits per heavy atom. The number of aromatic amines is 1. The number of hydrogen-bond acceptors (Lipinski definition) is 2. The van der Waals surface area contributed by atoms with E-state index in [9.17, 15) is 4.79 Å². The average Bonchev–Trinajstić information content (AvgIpc) is 2.14. The van der Waals surface area contributed by atoms with Crippen molar-refractivity contribution >= 4 is 16.6 Å². The molecule has 1 heterocycles. The smallest absolute Gasteiger partial charge is 0.248 e. The van der Waals surface area contributed by atoms with Gasteiger partial charge in [0, 0.05) is 22.7 Å². The van der Waals surface area contributed by atoms with Crippen molar-refractivity contribution in [3.63, 3.8) is 0 Å². The molecule has 72 valence electrons. The van der Waals surface area contributed by atoms with Crippen LogP contribution in [0.2, 0.25) is 0 Å². The van der Waals surface area contributed by atoms with E-state index in [4.69, 9.17) is 5.73 Å². The predicted octanol–water partition coefficient (Wildman–Crippen LogP) is 1.73. The number of rotatable bonds is 0. The summed E-state index contributed by atoms with van der Waals surface area (Å²) >= 11 is 0. The van der Waals surface area contributed by atoms with Gasteiger partial charge in [-0.3, -0.25) is 4.79 Å². The number of aryl methyl sites for hydroxylation is 2. The van der Waals surface area contributed by atoms with E-state index in [1.807, 2.05) is 19.9 Å². The highest BCUT2D eigenvalue weighted by Crippen LogP contribution is 2.24. The lowest BCUT2D eigenvalue weighted by molar-refractivity contribution is 1.29. The first-order valence-corrected chi connectivity index (χ1v) is 4.48. The third-order valence-corrected chi connectivity index (χ3v) is 2.54. The minimum atomic E-state index is -0.0823. The Morgan fingerprint density at radius 3 is 2.71 bits per heavy atom. The predicted molar refractivity (Wildman–Crippen MR) is 58.5 cm³/mol. The van der Waals surface area contributed by atoms with Crippen LogP contribution in [-0.2, 0) is 0 Å². The van der Waals surface area contributed by atoms with Crippen LogP contribution in [0.4, 0.5) is 5.69 Å². The normalized spacial score (nSPS) is 10.7. The molecule has 0 fully saturated rings. The molecule has 0 bridgehead atoms. The molecule has 0 saturated heterocycles. The second-order valence-electron chi connectivity index (χ2n) is 3.52. The molecule has 0 aliphatic heterocycles. The van der Waals surface area contributed by atoms with Crippen LogP contribution in [-0.4, -0.2) is 4.98 Å². The molecule has 1 aromatic heterocycles. The van der Waals surface area contributed by atoms with Gasteiger partial charge < -0.3 is 10.7 Å². The average molecular weight is 188 g/mol. The van der Waals surface area contributed by atoms with E-state index in [-0.39, 0.29) is 5.56 Å². The maximum absolute atomic E-state index is 11.1. The molecule has 3 nitrogen and oxygen atoms in total. The van der Waals surface area contributed by atoms with Crippen LogP contribution in [0.25, 0.3) is 10.9 Å². The van der Waals surface area contributed by atoms with Crippen molar-refractivity contribution in [3.8, 4) is 0 Å². The highest BCUT2D eigenvalue weighted by molar-refractivity contribution is 5.87. The van der Waals surface area contributed by atoms with E-state index in [1.54, 1.807) is 6.07 Å². The summed E-state index contributed by atoms with van der Waals surface area (Å²) < 4.78 is 0. The number of hydrogen-bond donors (Lipinski definition) is 2. The van der Waals surface area contributed by atoms with Crippen LogP contribution < -0.4 is 11.3 Å². The van der Waals surface area contributed by atoms with Crippen molar-refractivity contribution in [2.45, 2.75) is 13.8 Å². The zero-order valence-corrected chi connectivity index (χ0v) is 8.22. The lowest BCUT2D eigenvalue weighted by Gasteiger charge is -2.08. The summed E-state index contributed by atoms with van der Waals surface area (Å²) in [5, 5.41) is 1.01. The van der Waals surface area contributed by atoms with Gasteiger partial charge in [-0.2, -0.15) is 0 Å². The molecule has 0 unspecified atom stereocenters. The van der Waals surface area contributed by atoms with E-state index >= 15 is 0 Å². The first kappa shape index (κ1) is 8.81. The fraction of sp³-hybridized carbons (Fsp3) is 0.182. The highest BCUT2D eigenvalue weighted by Gasteiger charge is 2.04. The summed E-state index contributed by atoms with van der Waals surface area (Å²) in [6.07, 6.45) is 0. The number of anilines is 1. The highest BCUT2D eigenvalue weighted by atomic mass is 16.1. The molecule has 1 aromatic carbocycles. The summed E-state index contributed by atoms with van der Waals surface area (Å²) in [6.45, 7) is 3.90. The zero-order valence-electron chi connectivity index (χ0n) is 8.22. The number of pyridine rings is 1. The molecule has 0 aliphatic rings. The molecule has 0 aliphatic carbocycles. The van der Waals surface area contributed by atoms with Gasteiger partial charge in [-0.25, -0.2) is 0 Å². The molecule has 2 aromatic rings. The van der Waals surface area contributed by atoms with Crippen LogP contribution in [0, 0.1) is 13.8 Å². The minimum absolute atomic E-state index is 0.0823. The molecule has 0 amide bonds. The number of nitrogens with one attached hydrogen (secondary N) is 1. The molecule has 3 N–H and O–H groups in total. The Bertz CT molecular complexity index is 555. The van der Waals surface area contributed by atoms with Crippen LogP contribution in [0.15, 0.2) is 23.0 Å². The van der Waals surface area contributed by atoms with Gasteiger partial charge in [0.2, 0.25) is 5.56 Å². The van der Waals surface area contributed by atoms with Crippen LogP contribution in [0.3, 0.4) is 0 Å². The second-order valence-corrected chi connectivity index (χ2v) is 3.52. The Hall–Kier alpha value is -1.77. The monoisotopic (exact) mass is 188 g/mol. The summed E-state index contributed by atoms with van der Waals surface area (Å²) in [5.41, 5.74) is 9.48. The second kappa shape index (κ2) is 2.87. The number of benzene rings is 1. The SMILES string of the molecule is Cc1cc2[nH]c(=O)ccc2c(C)c1N.